The molecule has 0 aliphatic heterocycles. The number of pyridine rings is 1. The molecular formula is C34H43F5N2O3. The van der Waals surface area contributed by atoms with E-state index in [0.29, 0.717) is 36.8 Å². The van der Waals surface area contributed by atoms with Crippen LogP contribution in [0.15, 0.2) is 71.5 Å². The third-order valence-corrected chi connectivity index (χ3v) is 9.90. The van der Waals surface area contributed by atoms with Crippen molar-refractivity contribution < 1.29 is 40.9 Å². The van der Waals surface area contributed by atoms with Crippen molar-refractivity contribution in [3.8, 4) is 0 Å². The summed E-state index contributed by atoms with van der Waals surface area (Å²) >= 11 is 0. The number of hydrogen-bond donors (Lipinski definition) is 2. The van der Waals surface area contributed by atoms with Gasteiger partial charge in [-0.15, -0.1) is 0 Å². The van der Waals surface area contributed by atoms with Crippen molar-refractivity contribution in [2.24, 2.45) is 17.3 Å². The number of amides is 1. The normalized spacial score (nSPS) is 27.9. The number of aromatic nitrogens is 1. The van der Waals surface area contributed by atoms with Crippen LogP contribution in [0.5, 0.6) is 0 Å². The Hall–Kier alpha value is -3.40. The van der Waals surface area contributed by atoms with E-state index in [1.807, 2.05) is 36.4 Å². The molecule has 5 nitrogen and oxygen atoms in total. The number of fused-ring (bicyclic) bond motifs is 4. The van der Waals surface area contributed by atoms with Crippen LogP contribution in [-0.4, -0.2) is 47.0 Å². The number of allylic oxidation sites excluding steroid dienone is 4. The molecule has 5 atom stereocenters. The molecule has 1 aromatic heterocycles. The highest BCUT2D eigenvalue weighted by Crippen LogP contribution is 2.63. The Balaban J connectivity index is 0.000000696. The van der Waals surface area contributed by atoms with Crippen LogP contribution in [0.4, 0.5) is 22.0 Å². The topological polar surface area (TPSA) is 79.3 Å². The number of carbonyl (C=O) groups is 2. The molecule has 2 saturated carbocycles. The minimum absolute atomic E-state index is 0. The van der Waals surface area contributed by atoms with Gasteiger partial charge in [-0.2, -0.15) is 13.2 Å². The summed E-state index contributed by atoms with van der Waals surface area (Å²) in [4.78, 5) is 29.3. The lowest BCUT2D eigenvalue weighted by Crippen LogP contribution is -2.45. The largest absolute Gasteiger partial charge is 0.450 e. The molecule has 242 valence electrons. The van der Waals surface area contributed by atoms with Gasteiger partial charge in [-0.1, -0.05) is 30.7 Å². The van der Waals surface area contributed by atoms with Gasteiger partial charge in [-0.25, -0.2) is 8.78 Å². The average Bonchev–Trinajstić information content (AvgIpc) is 3.30. The van der Waals surface area contributed by atoms with E-state index >= 15 is 0 Å². The second-order valence-corrected chi connectivity index (χ2v) is 12.5. The lowest BCUT2D eigenvalue weighted by molar-refractivity contribution is -0.219. The summed E-state index contributed by atoms with van der Waals surface area (Å²) in [5.41, 5.74) is 6.94. The van der Waals surface area contributed by atoms with Crippen LogP contribution in [-0.2, 0) is 11.2 Å². The zero-order valence-corrected chi connectivity index (χ0v) is 24.5. The fraction of sp³-hybridized carbons (Fsp3) is 0.500. The molecule has 44 heavy (non-hydrogen) atoms. The fourth-order valence-electron chi connectivity index (χ4n) is 7.75. The number of carbonyl (C=O) groups excluding carboxylic acids is 2. The van der Waals surface area contributed by atoms with Gasteiger partial charge < -0.3 is 10.4 Å². The molecular weight excluding hydrogens is 579 g/mol. The molecule has 1 amide bonds. The third-order valence-electron chi connectivity index (χ3n) is 9.90. The minimum Gasteiger partial charge on any atom is -0.393 e. The second kappa shape index (κ2) is 12.9. The zero-order valence-electron chi connectivity index (χ0n) is 24.5. The van der Waals surface area contributed by atoms with Crippen molar-refractivity contribution in [2.75, 3.05) is 6.54 Å². The van der Waals surface area contributed by atoms with E-state index in [9.17, 15) is 36.6 Å². The molecule has 1 heterocycles. The van der Waals surface area contributed by atoms with Crippen LogP contribution in [0.2, 0.25) is 0 Å². The number of ketones is 1. The highest BCUT2D eigenvalue weighted by atomic mass is 19.4. The molecule has 6 rings (SSSR count). The first kappa shape index (κ1) is 32.0. The summed E-state index contributed by atoms with van der Waals surface area (Å²) in [5, 5.41) is 14.1. The Kier molecular flexibility index (Phi) is 9.39. The van der Waals surface area contributed by atoms with Gasteiger partial charge in [-0.05, 0) is 103 Å². The summed E-state index contributed by atoms with van der Waals surface area (Å²) < 4.78 is 52.1. The van der Waals surface area contributed by atoms with Crippen LogP contribution in [0.25, 0.3) is 0 Å². The summed E-state index contributed by atoms with van der Waals surface area (Å²) in [5.74, 6) is 1.37. The maximum atomic E-state index is 12.8. The molecule has 2 N–H and O–H groups in total. The number of hydrogen-bond acceptors (Lipinski definition) is 4. The Morgan fingerprint density at radius 3 is 2.48 bits per heavy atom. The van der Waals surface area contributed by atoms with Gasteiger partial charge in [0.25, 0.3) is 5.91 Å². The lowest BCUT2D eigenvalue weighted by atomic mass is 9.53. The quantitative estimate of drug-likeness (QED) is 0.333. The third kappa shape index (κ3) is 6.65. The number of aliphatic hydroxyl groups is 1. The standard InChI is InChI=1S/C32H36N2O3.C2HF5.3H2/c1-32-19-27(20-5-7-21(8-6-20)31(37)34-17-15-23-4-2-3-16-33-23)30-25-12-10-24(35)18-22(25)9-11-26(30)28(32)13-14-29(32)36;3-1(4)2(5,6)7;;;/h2-8,16,18,26-29,36H,9-15,17,19H2,1H3,(H,34,37);1H;3*1H/t26-,27+,28-,29-,32-;;;;/m0..../s1. The number of benzene rings is 1. The molecule has 10 heteroatoms. The van der Waals surface area contributed by atoms with Crippen LogP contribution in [0, 0.1) is 17.3 Å². The summed E-state index contributed by atoms with van der Waals surface area (Å²) in [6, 6.07) is 13.9. The number of alkyl halides is 5. The molecule has 0 bridgehead atoms. The molecule has 4 aliphatic rings. The van der Waals surface area contributed by atoms with Crippen LogP contribution in [0.1, 0.15) is 83.7 Å². The van der Waals surface area contributed by atoms with Crippen molar-refractivity contribution in [1.29, 1.82) is 0 Å². The average molecular weight is 623 g/mol. The molecule has 0 spiro atoms. The van der Waals surface area contributed by atoms with Gasteiger partial charge in [0, 0.05) is 47.0 Å². The first-order chi connectivity index (χ1) is 20.9. The van der Waals surface area contributed by atoms with E-state index in [4.69, 9.17) is 0 Å². The predicted molar refractivity (Wildman–Crippen MR) is 161 cm³/mol. The predicted octanol–water partition coefficient (Wildman–Crippen LogP) is 7.87. The van der Waals surface area contributed by atoms with Crippen molar-refractivity contribution in [3.05, 3.63) is 88.3 Å². The van der Waals surface area contributed by atoms with Gasteiger partial charge >= 0.3 is 12.6 Å². The van der Waals surface area contributed by atoms with Gasteiger partial charge in [0.05, 0.1) is 6.10 Å². The Morgan fingerprint density at radius 1 is 1.09 bits per heavy atom. The van der Waals surface area contributed by atoms with Crippen molar-refractivity contribution in [3.63, 3.8) is 0 Å². The molecule has 2 aromatic rings. The van der Waals surface area contributed by atoms with Gasteiger partial charge in [0.1, 0.15) is 0 Å². The number of nitrogens with one attached hydrogen (secondary N) is 1. The number of halogens is 5. The number of aliphatic hydroxyl groups excluding tert-OH is 1. The van der Waals surface area contributed by atoms with E-state index in [1.54, 1.807) is 6.20 Å². The number of rotatable bonds is 5. The Labute approximate surface area is 258 Å². The fourth-order valence-corrected chi connectivity index (χ4v) is 7.75. The van der Waals surface area contributed by atoms with E-state index in [-0.39, 0.29) is 33.4 Å². The lowest BCUT2D eigenvalue weighted by Gasteiger charge is -2.52. The van der Waals surface area contributed by atoms with E-state index < -0.39 is 12.6 Å². The molecule has 0 radical (unpaired) electrons. The van der Waals surface area contributed by atoms with Crippen LogP contribution < -0.4 is 5.32 Å². The number of nitrogens with zero attached hydrogens (tertiary/aromatic N) is 1. The smallest absolute Gasteiger partial charge is 0.393 e. The zero-order chi connectivity index (χ0) is 31.6. The summed E-state index contributed by atoms with van der Waals surface area (Å²) in [6.07, 6.45) is 0.942. The van der Waals surface area contributed by atoms with Gasteiger partial charge in [0.2, 0.25) is 0 Å². The Morgan fingerprint density at radius 2 is 1.82 bits per heavy atom. The van der Waals surface area contributed by atoms with Crippen LogP contribution in [0.3, 0.4) is 0 Å². The monoisotopic (exact) mass is 622 g/mol. The highest BCUT2D eigenvalue weighted by Gasteiger charge is 2.56. The first-order valence-electron chi connectivity index (χ1n) is 15.2. The molecule has 0 saturated heterocycles. The highest BCUT2D eigenvalue weighted by molar-refractivity contribution is 5.94. The SMILES string of the molecule is C[C@]12C[C@H](c3ccc(C(=O)NCCc4ccccn4)cc3)C3=C4CCC(=O)C=C4CC[C@H]3[C@@H]1CC[C@@H]2O.FC(F)C(F)(F)F.[HH].[HH].[HH]. The van der Waals surface area contributed by atoms with E-state index in [0.717, 1.165) is 44.2 Å². The van der Waals surface area contributed by atoms with Gasteiger partial charge in [-0.3, -0.25) is 14.6 Å². The molecule has 4 aliphatic carbocycles. The van der Waals surface area contributed by atoms with Gasteiger partial charge in [0.15, 0.2) is 5.78 Å². The molecule has 0 unspecified atom stereocenters. The first-order valence-corrected chi connectivity index (χ1v) is 15.2. The molecule has 2 fully saturated rings. The minimum atomic E-state index is -5.33. The Bertz CT molecular complexity index is 1440. The summed E-state index contributed by atoms with van der Waals surface area (Å²) in [6.45, 7) is 2.84. The van der Waals surface area contributed by atoms with Crippen LogP contribution >= 0.6 is 0 Å². The maximum absolute atomic E-state index is 12.8. The second-order valence-electron chi connectivity index (χ2n) is 12.5. The van der Waals surface area contributed by atoms with Crippen molar-refractivity contribution in [2.45, 2.75) is 82.9 Å². The molecule has 1 aromatic carbocycles. The maximum Gasteiger partial charge on any atom is 0.450 e. The summed E-state index contributed by atoms with van der Waals surface area (Å²) in [7, 11) is 0. The van der Waals surface area contributed by atoms with E-state index in [1.165, 1.54) is 22.3 Å². The van der Waals surface area contributed by atoms with Crippen molar-refractivity contribution >= 4 is 11.7 Å². The van der Waals surface area contributed by atoms with Crippen molar-refractivity contribution in [1.82, 2.24) is 10.3 Å². The van der Waals surface area contributed by atoms with E-state index in [2.05, 4.69) is 29.4 Å².